The Balaban J connectivity index is 2.01. The third-order valence-corrected chi connectivity index (χ3v) is 3.95. The lowest BCUT2D eigenvalue weighted by Gasteiger charge is -2.20. The maximum Gasteiger partial charge on any atom is 0.225 e. The molecule has 0 unspecified atom stereocenters. The van der Waals surface area contributed by atoms with Crippen molar-refractivity contribution in [3.63, 3.8) is 0 Å². The zero-order valence-electron chi connectivity index (χ0n) is 12.8. The summed E-state index contributed by atoms with van der Waals surface area (Å²) in [5.41, 5.74) is 1.05. The van der Waals surface area contributed by atoms with Gasteiger partial charge in [0.2, 0.25) is 11.8 Å². The first kappa shape index (κ1) is 15.4. The maximum absolute atomic E-state index is 12.3. The average molecular weight is 290 g/mol. The Morgan fingerprint density at radius 3 is 2.57 bits per heavy atom. The highest BCUT2D eigenvalue weighted by Crippen LogP contribution is 2.22. The summed E-state index contributed by atoms with van der Waals surface area (Å²) < 4.78 is 5.14. The van der Waals surface area contributed by atoms with E-state index in [-0.39, 0.29) is 23.8 Å². The quantitative estimate of drug-likeness (QED) is 0.898. The topological polar surface area (TPSA) is 58.6 Å². The van der Waals surface area contributed by atoms with Crippen molar-refractivity contribution in [2.45, 2.75) is 25.8 Å². The van der Waals surface area contributed by atoms with Gasteiger partial charge in [0.05, 0.1) is 19.1 Å². The van der Waals surface area contributed by atoms with E-state index >= 15 is 0 Å². The molecular weight excluding hydrogens is 268 g/mol. The van der Waals surface area contributed by atoms with Crippen molar-refractivity contribution in [2.24, 2.45) is 5.92 Å². The number of nitrogens with one attached hydrogen (secondary N) is 1. The summed E-state index contributed by atoms with van der Waals surface area (Å²) in [4.78, 5) is 25.4. The van der Waals surface area contributed by atoms with E-state index in [1.54, 1.807) is 19.1 Å². The van der Waals surface area contributed by atoms with E-state index in [0.29, 0.717) is 13.0 Å². The normalized spacial score (nSPS) is 19.5. The fourth-order valence-electron chi connectivity index (χ4n) is 2.59. The molecule has 0 radical (unpaired) electrons. The van der Waals surface area contributed by atoms with Crippen LogP contribution in [0.3, 0.4) is 0 Å². The molecule has 5 heteroatoms. The predicted molar refractivity (Wildman–Crippen MR) is 79.9 cm³/mol. The van der Waals surface area contributed by atoms with E-state index in [4.69, 9.17) is 4.74 Å². The van der Waals surface area contributed by atoms with Gasteiger partial charge in [-0.1, -0.05) is 19.1 Å². The van der Waals surface area contributed by atoms with Gasteiger partial charge >= 0.3 is 0 Å². The van der Waals surface area contributed by atoms with Crippen molar-refractivity contribution in [2.75, 3.05) is 20.7 Å². The molecule has 0 aliphatic carbocycles. The van der Waals surface area contributed by atoms with Crippen LogP contribution in [0.5, 0.6) is 5.75 Å². The maximum atomic E-state index is 12.3. The Kier molecular flexibility index (Phi) is 4.83. The second-order valence-corrected chi connectivity index (χ2v) is 5.42. The summed E-state index contributed by atoms with van der Waals surface area (Å²) in [7, 11) is 3.36. The molecule has 0 spiro atoms. The average Bonchev–Trinajstić information content (AvgIpc) is 2.84. The molecule has 0 bridgehead atoms. The van der Waals surface area contributed by atoms with Crippen LogP contribution < -0.4 is 10.1 Å². The second kappa shape index (κ2) is 6.61. The van der Waals surface area contributed by atoms with Crippen LogP contribution in [0.4, 0.5) is 0 Å². The van der Waals surface area contributed by atoms with Gasteiger partial charge < -0.3 is 15.0 Å². The highest BCUT2D eigenvalue weighted by molar-refractivity contribution is 5.89. The Bertz CT molecular complexity index is 513. The Hall–Kier alpha value is -2.04. The molecule has 0 aromatic heterocycles. The number of ether oxygens (including phenoxy) is 1. The number of benzene rings is 1. The van der Waals surface area contributed by atoms with Crippen LogP contribution in [0.1, 0.15) is 31.4 Å². The van der Waals surface area contributed by atoms with E-state index in [1.807, 2.05) is 31.2 Å². The van der Waals surface area contributed by atoms with Crippen LogP contribution in [0, 0.1) is 5.92 Å². The molecule has 21 heavy (non-hydrogen) atoms. The third-order valence-electron chi connectivity index (χ3n) is 3.95. The molecule has 1 N–H and O–H groups in total. The third kappa shape index (κ3) is 3.54. The molecular formula is C16H22N2O3. The minimum atomic E-state index is -0.241. The van der Waals surface area contributed by atoms with Crippen LogP contribution >= 0.6 is 0 Å². The lowest BCUT2D eigenvalue weighted by Crippen LogP contribution is -2.34. The predicted octanol–water partition coefficient (Wildman–Crippen LogP) is 1.74. The minimum absolute atomic E-state index is 0.0349. The summed E-state index contributed by atoms with van der Waals surface area (Å²) in [5, 5.41) is 3.04. The zero-order chi connectivity index (χ0) is 15.4. The molecule has 1 aromatic rings. The molecule has 1 aliphatic heterocycles. The van der Waals surface area contributed by atoms with Gasteiger partial charge in [-0.15, -0.1) is 0 Å². The molecule has 2 amide bonds. The van der Waals surface area contributed by atoms with Crippen LogP contribution in [-0.2, 0) is 9.59 Å². The van der Waals surface area contributed by atoms with E-state index in [1.165, 1.54) is 0 Å². The SMILES string of the molecule is CC[C@H](NC(=O)[C@H]1CC(=O)N(C)C1)c1ccc(OC)cc1. The van der Waals surface area contributed by atoms with Gasteiger partial charge in [-0.05, 0) is 24.1 Å². The Labute approximate surface area is 125 Å². The molecule has 1 heterocycles. The van der Waals surface area contributed by atoms with Gasteiger partial charge in [-0.25, -0.2) is 0 Å². The zero-order valence-corrected chi connectivity index (χ0v) is 12.8. The molecule has 2 atom stereocenters. The number of methoxy groups -OCH3 is 1. The van der Waals surface area contributed by atoms with Crippen molar-refractivity contribution < 1.29 is 14.3 Å². The van der Waals surface area contributed by atoms with Crippen molar-refractivity contribution in [3.8, 4) is 5.75 Å². The van der Waals surface area contributed by atoms with Crippen molar-refractivity contribution in [3.05, 3.63) is 29.8 Å². The first-order chi connectivity index (χ1) is 10.0. The number of hydrogen-bond donors (Lipinski definition) is 1. The highest BCUT2D eigenvalue weighted by Gasteiger charge is 2.32. The number of rotatable bonds is 5. The van der Waals surface area contributed by atoms with Crippen molar-refractivity contribution in [1.29, 1.82) is 0 Å². The monoisotopic (exact) mass is 290 g/mol. The highest BCUT2D eigenvalue weighted by atomic mass is 16.5. The van der Waals surface area contributed by atoms with Crippen molar-refractivity contribution in [1.82, 2.24) is 10.2 Å². The Morgan fingerprint density at radius 2 is 2.10 bits per heavy atom. The molecule has 1 aliphatic rings. The van der Waals surface area contributed by atoms with Crippen molar-refractivity contribution >= 4 is 11.8 Å². The van der Waals surface area contributed by atoms with Crippen LogP contribution in [-0.4, -0.2) is 37.4 Å². The molecule has 114 valence electrons. The number of amides is 2. The molecule has 2 rings (SSSR count). The fourth-order valence-corrected chi connectivity index (χ4v) is 2.59. The van der Waals surface area contributed by atoms with E-state index in [9.17, 15) is 9.59 Å². The fraction of sp³-hybridized carbons (Fsp3) is 0.500. The van der Waals surface area contributed by atoms with Gasteiger partial charge in [0.1, 0.15) is 5.75 Å². The second-order valence-electron chi connectivity index (χ2n) is 5.42. The largest absolute Gasteiger partial charge is 0.497 e. The number of carbonyl (C=O) groups excluding carboxylic acids is 2. The van der Waals surface area contributed by atoms with Gasteiger partial charge in [0.25, 0.3) is 0 Å². The van der Waals surface area contributed by atoms with E-state index in [2.05, 4.69) is 5.32 Å². The van der Waals surface area contributed by atoms with Crippen LogP contribution in [0.2, 0.25) is 0 Å². The summed E-state index contributed by atoms with van der Waals surface area (Å²) in [6.07, 6.45) is 1.11. The first-order valence-corrected chi connectivity index (χ1v) is 7.23. The number of hydrogen-bond acceptors (Lipinski definition) is 3. The first-order valence-electron chi connectivity index (χ1n) is 7.23. The van der Waals surface area contributed by atoms with Gasteiger partial charge in [-0.2, -0.15) is 0 Å². The summed E-state index contributed by atoms with van der Waals surface area (Å²) in [6.45, 7) is 2.53. The molecule has 0 saturated carbocycles. The summed E-state index contributed by atoms with van der Waals surface area (Å²) >= 11 is 0. The smallest absolute Gasteiger partial charge is 0.225 e. The summed E-state index contributed by atoms with van der Waals surface area (Å²) in [6, 6.07) is 7.65. The lowest BCUT2D eigenvalue weighted by molar-refractivity contribution is -0.128. The van der Waals surface area contributed by atoms with Gasteiger partial charge in [0, 0.05) is 20.0 Å². The number of nitrogens with zero attached hydrogens (tertiary/aromatic N) is 1. The molecule has 5 nitrogen and oxygen atoms in total. The van der Waals surface area contributed by atoms with Crippen LogP contribution in [0.25, 0.3) is 0 Å². The van der Waals surface area contributed by atoms with E-state index in [0.717, 1.165) is 17.7 Å². The summed E-state index contributed by atoms with van der Waals surface area (Å²) in [5.74, 6) is 0.542. The number of carbonyl (C=O) groups is 2. The molecule has 1 aromatic carbocycles. The lowest BCUT2D eigenvalue weighted by atomic mass is 10.0. The van der Waals surface area contributed by atoms with Gasteiger partial charge in [-0.3, -0.25) is 9.59 Å². The standard InChI is InChI=1S/C16H22N2O3/c1-4-14(11-5-7-13(21-3)8-6-11)17-16(20)12-9-15(19)18(2)10-12/h5-8,12,14H,4,9-10H2,1-3H3,(H,17,20)/t12-,14-/m0/s1. The molecule has 1 fully saturated rings. The van der Waals surface area contributed by atoms with Crippen LogP contribution in [0.15, 0.2) is 24.3 Å². The molecule has 1 saturated heterocycles. The number of likely N-dealkylation sites (tertiary alicyclic amines) is 1. The minimum Gasteiger partial charge on any atom is -0.497 e. The van der Waals surface area contributed by atoms with E-state index < -0.39 is 0 Å². The van der Waals surface area contributed by atoms with Gasteiger partial charge in [0.15, 0.2) is 0 Å². The Morgan fingerprint density at radius 1 is 1.43 bits per heavy atom.